The molecule has 0 nitrogen and oxygen atoms in total. The Labute approximate surface area is 93.5 Å². The molecule has 0 aromatic heterocycles. The Morgan fingerprint density at radius 2 is 1.80 bits per heavy atom. The minimum Gasteiger partial charge on any atom is -0.0991 e. The van der Waals surface area contributed by atoms with E-state index in [1.807, 2.05) is 24.3 Å². The van der Waals surface area contributed by atoms with E-state index in [9.17, 15) is 0 Å². The summed E-state index contributed by atoms with van der Waals surface area (Å²) in [7, 11) is 0.664. The van der Waals surface area contributed by atoms with Gasteiger partial charge in [0.1, 0.15) is 0 Å². The van der Waals surface area contributed by atoms with Gasteiger partial charge in [-0.3, -0.25) is 0 Å². The summed E-state index contributed by atoms with van der Waals surface area (Å²) in [5.74, 6) is 0. The normalized spacial score (nSPS) is 12.4. The smallest absolute Gasteiger partial charge is 0.0226 e. The molecular formula is C14H15P. The molecular weight excluding hydrogens is 199 g/mol. The van der Waals surface area contributed by atoms with E-state index in [2.05, 4.69) is 43.5 Å². The summed E-state index contributed by atoms with van der Waals surface area (Å²) >= 11 is 0. The molecule has 1 heteroatoms. The van der Waals surface area contributed by atoms with Crippen molar-refractivity contribution >= 4 is 13.9 Å². The van der Waals surface area contributed by atoms with Crippen molar-refractivity contribution in [2.45, 2.75) is 0 Å². The van der Waals surface area contributed by atoms with Crippen LogP contribution in [0.1, 0.15) is 0 Å². The van der Waals surface area contributed by atoms with Crippen LogP contribution in [0.5, 0.6) is 0 Å². The van der Waals surface area contributed by atoms with Gasteiger partial charge >= 0.3 is 0 Å². The van der Waals surface area contributed by atoms with Gasteiger partial charge in [0.2, 0.25) is 0 Å². The number of allylic oxidation sites excluding steroid dienone is 6. The summed E-state index contributed by atoms with van der Waals surface area (Å²) in [6.45, 7) is 7.44. The maximum atomic E-state index is 3.81. The third-order valence-corrected chi connectivity index (χ3v) is 3.09. The first-order valence-corrected chi connectivity index (χ1v) is 5.80. The van der Waals surface area contributed by atoms with Crippen LogP contribution in [0.2, 0.25) is 0 Å². The van der Waals surface area contributed by atoms with E-state index in [0.717, 1.165) is 0 Å². The van der Waals surface area contributed by atoms with E-state index in [1.54, 1.807) is 6.08 Å². The summed E-state index contributed by atoms with van der Waals surface area (Å²) < 4.78 is 0. The Balaban J connectivity index is 2.69. The largest absolute Gasteiger partial charge is 0.0991 e. The van der Waals surface area contributed by atoms with Crippen molar-refractivity contribution in [1.82, 2.24) is 0 Å². The van der Waals surface area contributed by atoms with Gasteiger partial charge in [0.15, 0.2) is 0 Å². The van der Waals surface area contributed by atoms with Crippen molar-refractivity contribution in [3.63, 3.8) is 0 Å². The van der Waals surface area contributed by atoms with Gasteiger partial charge in [0, 0.05) is 0 Å². The van der Waals surface area contributed by atoms with Crippen molar-refractivity contribution in [3.8, 4) is 0 Å². The zero-order valence-corrected chi connectivity index (χ0v) is 9.69. The Hall–Kier alpha value is -1.39. The lowest BCUT2D eigenvalue weighted by Crippen LogP contribution is -1.90. The molecule has 0 amide bonds. The molecule has 0 aliphatic heterocycles. The molecule has 1 aromatic rings. The number of benzene rings is 1. The second kappa shape index (κ2) is 6.98. The Morgan fingerprint density at radius 1 is 1.07 bits per heavy atom. The molecule has 15 heavy (non-hydrogen) atoms. The second-order valence-corrected chi connectivity index (χ2v) is 4.34. The van der Waals surface area contributed by atoms with E-state index < -0.39 is 0 Å². The Bertz CT molecular complexity index is 372. The van der Waals surface area contributed by atoms with Gasteiger partial charge in [0.25, 0.3) is 0 Å². The molecule has 1 unspecified atom stereocenters. The molecule has 0 aliphatic carbocycles. The maximum absolute atomic E-state index is 3.81. The minimum atomic E-state index is 0.664. The molecule has 0 radical (unpaired) electrons. The standard InChI is InChI=1S/C14H15P/c1-3-5-7-10-13(4-2)15-14-11-8-6-9-12-14/h3-12,15H,1-2H2/b7-5-,13-10+. The van der Waals surface area contributed by atoms with Gasteiger partial charge in [-0.05, 0) is 10.6 Å². The molecule has 0 saturated carbocycles. The molecule has 0 bridgehead atoms. The Morgan fingerprint density at radius 3 is 2.40 bits per heavy atom. The predicted octanol–water partition coefficient (Wildman–Crippen LogP) is 3.80. The highest BCUT2D eigenvalue weighted by Gasteiger charge is 1.93. The molecule has 0 saturated heterocycles. The van der Waals surface area contributed by atoms with E-state index in [4.69, 9.17) is 0 Å². The molecule has 0 N–H and O–H groups in total. The van der Waals surface area contributed by atoms with Crippen molar-refractivity contribution in [2.24, 2.45) is 0 Å². The van der Waals surface area contributed by atoms with Gasteiger partial charge in [-0.2, -0.15) is 0 Å². The molecule has 1 rings (SSSR count). The lowest BCUT2D eigenvalue weighted by atomic mass is 10.4. The molecule has 0 heterocycles. The lowest BCUT2D eigenvalue weighted by Gasteiger charge is -2.01. The molecule has 76 valence electrons. The SMILES string of the molecule is C=C/C=C\C=C(/C=C)Pc1ccccc1. The lowest BCUT2D eigenvalue weighted by molar-refractivity contribution is 1.77. The fourth-order valence-corrected chi connectivity index (χ4v) is 2.06. The number of rotatable bonds is 5. The van der Waals surface area contributed by atoms with Crippen LogP contribution < -0.4 is 5.30 Å². The summed E-state index contributed by atoms with van der Waals surface area (Å²) in [6, 6.07) is 10.4. The van der Waals surface area contributed by atoms with Gasteiger partial charge in [-0.15, -0.1) is 0 Å². The zero-order chi connectivity index (χ0) is 10.9. The fourth-order valence-electron chi connectivity index (χ4n) is 1.09. The molecule has 0 aliphatic rings. The predicted molar refractivity (Wildman–Crippen MR) is 72.0 cm³/mol. The third kappa shape index (κ3) is 4.58. The quantitative estimate of drug-likeness (QED) is 0.516. The topological polar surface area (TPSA) is 0 Å². The van der Waals surface area contributed by atoms with Gasteiger partial charge in [0.05, 0.1) is 0 Å². The first-order chi connectivity index (χ1) is 7.36. The van der Waals surface area contributed by atoms with Crippen molar-refractivity contribution in [2.75, 3.05) is 0 Å². The summed E-state index contributed by atoms with van der Waals surface area (Å²) in [6.07, 6.45) is 9.64. The maximum Gasteiger partial charge on any atom is -0.0226 e. The minimum absolute atomic E-state index is 0.664. The second-order valence-electron chi connectivity index (χ2n) is 2.94. The van der Waals surface area contributed by atoms with Crippen LogP contribution in [0, 0.1) is 0 Å². The highest BCUT2D eigenvalue weighted by Crippen LogP contribution is 2.23. The van der Waals surface area contributed by atoms with Crippen LogP contribution >= 0.6 is 8.58 Å². The van der Waals surface area contributed by atoms with E-state index in [0.29, 0.717) is 8.58 Å². The summed E-state index contributed by atoms with van der Waals surface area (Å²) in [4.78, 5) is 0. The summed E-state index contributed by atoms with van der Waals surface area (Å²) in [5.41, 5.74) is 0. The highest BCUT2D eigenvalue weighted by atomic mass is 31.1. The van der Waals surface area contributed by atoms with Crippen molar-refractivity contribution < 1.29 is 0 Å². The molecule has 1 atom stereocenters. The monoisotopic (exact) mass is 214 g/mol. The van der Waals surface area contributed by atoms with E-state index >= 15 is 0 Å². The average Bonchev–Trinajstić information content (AvgIpc) is 2.29. The average molecular weight is 214 g/mol. The molecule has 1 aromatic carbocycles. The number of hydrogen-bond donors (Lipinski definition) is 0. The van der Waals surface area contributed by atoms with Gasteiger partial charge in [-0.25, -0.2) is 0 Å². The zero-order valence-electron chi connectivity index (χ0n) is 8.69. The molecule has 0 fully saturated rings. The first-order valence-electron chi connectivity index (χ1n) is 4.80. The van der Waals surface area contributed by atoms with Crippen molar-refractivity contribution in [1.29, 1.82) is 0 Å². The first kappa shape index (κ1) is 11.7. The van der Waals surface area contributed by atoms with Crippen LogP contribution in [0.4, 0.5) is 0 Å². The van der Waals surface area contributed by atoms with Crippen LogP contribution in [0.3, 0.4) is 0 Å². The highest BCUT2D eigenvalue weighted by molar-refractivity contribution is 7.52. The van der Waals surface area contributed by atoms with E-state index in [1.165, 1.54) is 10.6 Å². The number of hydrogen-bond acceptors (Lipinski definition) is 0. The third-order valence-electron chi connectivity index (χ3n) is 1.81. The van der Waals surface area contributed by atoms with E-state index in [-0.39, 0.29) is 0 Å². The summed E-state index contributed by atoms with van der Waals surface area (Å²) in [5, 5.41) is 2.56. The van der Waals surface area contributed by atoms with Gasteiger partial charge < -0.3 is 0 Å². The fraction of sp³-hybridized carbons (Fsp3) is 0. The van der Waals surface area contributed by atoms with Crippen LogP contribution in [-0.4, -0.2) is 0 Å². The Kier molecular flexibility index (Phi) is 5.43. The van der Waals surface area contributed by atoms with Crippen molar-refractivity contribution in [3.05, 3.63) is 79.2 Å². The van der Waals surface area contributed by atoms with Gasteiger partial charge in [-0.1, -0.05) is 82.5 Å². The van der Waals surface area contributed by atoms with Crippen LogP contribution in [0.25, 0.3) is 0 Å². The molecule has 0 spiro atoms. The van der Waals surface area contributed by atoms with Crippen LogP contribution in [0.15, 0.2) is 79.2 Å². The van der Waals surface area contributed by atoms with Crippen LogP contribution in [-0.2, 0) is 0 Å².